The summed E-state index contributed by atoms with van der Waals surface area (Å²) in [5.41, 5.74) is 3.69. The average Bonchev–Trinajstić information content (AvgIpc) is 2.39. The summed E-state index contributed by atoms with van der Waals surface area (Å²) in [6.07, 6.45) is 6.59. The smallest absolute Gasteiger partial charge is 0.0610 e. The lowest BCUT2D eigenvalue weighted by Crippen LogP contribution is -2.31. The van der Waals surface area contributed by atoms with Crippen LogP contribution < -0.4 is 5.32 Å². The van der Waals surface area contributed by atoms with Crippen LogP contribution in [0.1, 0.15) is 22.9 Å². The predicted octanol–water partition coefficient (Wildman–Crippen LogP) is 1.71. The summed E-state index contributed by atoms with van der Waals surface area (Å²) in [4.78, 5) is 8.61. The van der Waals surface area contributed by atoms with Crippen LogP contribution in [0.15, 0.2) is 42.9 Å². The zero-order valence-corrected chi connectivity index (χ0v) is 8.93. The minimum atomic E-state index is 0.242. The Kier molecular flexibility index (Phi) is 2.38. The van der Waals surface area contributed by atoms with Crippen molar-refractivity contribution in [2.45, 2.75) is 12.5 Å². The van der Waals surface area contributed by atoms with E-state index in [1.807, 2.05) is 24.5 Å². The van der Waals surface area contributed by atoms with Gasteiger partial charge in [-0.05, 0) is 23.3 Å². The molecule has 1 aliphatic heterocycles. The lowest BCUT2D eigenvalue weighted by Gasteiger charge is -2.26. The summed E-state index contributed by atoms with van der Waals surface area (Å²) in [5, 5.41) is 3.51. The highest BCUT2D eigenvalue weighted by Crippen LogP contribution is 2.26. The van der Waals surface area contributed by atoms with Gasteiger partial charge in [0.1, 0.15) is 0 Å². The summed E-state index contributed by atoms with van der Waals surface area (Å²) in [6.45, 7) is 0.976. The summed E-state index contributed by atoms with van der Waals surface area (Å²) in [7, 11) is 0. The number of hydrogen-bond acceptors (Lipinski definition) is 3. The molecule has 2 aromatic heterocycles. The van der Waals surface area contributed by atoms with Gasteiger partial charge in [-0.1, -0.05) is 12.1 Å². The van der Waals surface area contributed by atoms with Gasteiger partial charge in [0.15, 0.2) is 0 Å². The van der Waals surface area contributed by atoms with Crippen molar-refractivity contribution < 1.29 is 0 Å². The van der Waals surface area contributed by atoms with Crippen LogP contribution in [0.2, 0.25) is 0 Å². The van der Waals surface area contributed by atoms with Crippen molar-refractivity contribution in [2.24, 2.45) is 0 Å². The van der Waals surface area contributed by atoms with Crippen molar-refractivity contribution >= 4 is 0 Å². The molecule has 16 heavy (non-hydrogen) atoms. The fraction of sp³-hybridized carbons (Fsp3) is 0.231. The number of pyridine rings is 2. The van der Waals surface area contributed by atoms with E-state index in [1.54, 1.807) is 6.20 Å². The molecule has 3 heteroatoms. The van der Waals surface area contributed by atoms with Crippen molar-refractivity contribution in [1.82, 2.24) is 15.3 Å². The lowest BCUT2D eigenvalue weighted by molar-refractivity contribution is 0.557. The summed E-state index contributed by atoms with van der Waals surface area (Å²) in [6, 6.07) is 8.46. The first-order valence-corrected chi connectivity index (χ1v) is 5.52. The average molecular weight is 211 g/mol. The topological polar surface area (TPSA) is 37.8 Å². The van der Waals surface area contributed by atoms with Gasteiger partial charge in [0.25, 0.3) is 0 Å². The quantitative estimate of drug-likeness (QED) is 0.780. The number of fused-ring (bicyclic) bond motifs is 1. The monoisotopic (exact) mass is 211 g/mol. The molecular formula is C13H13N3. The van der Waals surface area contributed by atoms with Crippen LogP contribution in [-0.2, 0) is 6.42 Å². The molecule has 3 rings (SSSR count). The van der Waals surface area contributed by atoms with Gasteiger partial charge in [0.2, 0.25) is 0 Å². The molecule has 0 saturated heterocycles. The van der Waals surface area contributed by atoms with E-state index >= 15 is 0 Å². The third kappa shape index (κ3) is 1.59. The molecular weight excluding hydrogens is 198 g/mol. The Bertz CT molecular complexity index is 482. The first-order valence-electron chi connectivity index (χ1n) is 5.52. The van der Waals surface area contributed by atoms with E-state index < -0.39 is 0 Å². The second-order valence-corrected chi connectivity index (χ2v) is 3.96. The number of aromatic nitrogens is 2. The second kappa shape index (κ2) is 4.02. The highest BCUT2D eigenvalue weighted by atomic mass is 14.9. The lowest BCUT2D eigenvalue weighted by atomic mass is 9.94. The first-order chi connectivity index (χ1) is 7.95. The van der Waals surface area contributed by atoms with Crippen molar-refractivity contribution in [2.75, 3.05) is 6.54 Å². The van der Waals surface area contributed by atoms with Gasteiger partial charge in [-0.15, -0.1) is 0 Å². The Hall–Kier alpha value is -1.74. The molecule has 0 fully saturated rings. The molecule has 1 aliphatic rings. The minimum absolute atomic E-state index is 0.242. The first kappa shape index (κ1) is 9.48. The molecule has 3 heterocycles. The molecule has 2 aromatic rings. The van der Waals surface area contributed by atoms with Crippen molar-refractivity contribution in [3.8, 4) is 0 Å². The number of nitrogens with one attached hydrogen (secondary N) is 1. The fourth-order valence-corrected chi connectivity index (χ4v) is 2.21. The standard InChI is InChI=1S/C13H13N3/c1-3-10(9-14-6-1)13-11-4-2-7-15-12(11)5-8-16-13/h1-4,6-7,9,13,16H,5,8H2. The largest absolute Gasteiger partial charge is 0.306 e. The van der Waals surface area contributed by atoms with Crippen LogP contribution in [0.4, 0.5) is 0 Å². The van der Waals surface area contributed by atoms with Crippen LogP contribution in [0, 0.1) is 0 Å². The van der Waals surface area contributed by atoms with Gasteiger partial charge in [0.05, 0.1) is 6.04 Å². The van der Waals surface area contributed by atoms with Gasteiger partial charge in [-0.25, -0.2) is 0 Å². The normalized spacial score (nSPS) is 19.1. The Morgan fingerprint density at radius 3 is 3.00 bits per heavy atom. The molecule has 0 radical (unpaired) electrons. The highest BCUT2D eigenvalue weighted by molar-refractivity contribution is 5.34. The van der Waals surface area contributed by atoms with Crippen LogP contribution in [0.25, 0.3) is 0 Å². The molecule has 1 atom stereocenters. The SMILES string of the molecule is c1cncc(C2NCCc3ncccc32)c1. The molecule has 0 spiro atoms. The maximum Gasteiger partial charge on any atom is 0.0610 e. The van der Waals surface area contributed by atoms with E-state index in [0.29, 0.717) is 0 Å². The molecule has 0 amide bonds. The maximum absolute atomic E-state index is 4.43. The highest BCUT2D eigenvalue weighted by Gasteiger charge is 2.21. The molecule has 80 valence electrons. The van der Waals surface area contributed by atoms with E-state index in [9.17, 15) is 0 Å². The Balaban J connectivity index is 2.05. The molecule has 0 bridgehead atoms. The Morgan fingerprint density at radius 1 is 1.19 bits per heavy atom. The maximum atomic E-state index is 4.43. The fourth-order valence-electron chi connectivity index (χ4n) is 2.21. The van der Waals surface area contributed by atoms with E-state index in [1.165, 1.54) is 16.8 Å². The summed E-state index contributed by atoms with van der Waals surface area (Å²) in [5.74, 6) is 0. The van der Waals surface area contributed by atoms with Gasteiger partial charge in [-0.2, -0.15) is 0 Å². The summed E-state index contributed by atoms with van der Waals surface area (Å²) < 4.78 is 0. The van der Waals surface area contributed by atoms with Crippen LogP contribution in [0.3, 0.4) is 0 Å². The molecule has 1 N–H and O–H groups in total. The van der Waals surface area contributed by atoms with Crippen LogP contribution >= 0.6 is 0 Å². The molecule has 3 nitrogen and oxygen atoms in total. The van der Waals surface area contributed by atoms with Gasteiger partial charge in [0, 0.05) is 37.3 Å². The van der Waals surface area contributed by atoms with Crippen molar-refractivity contribution in [1.29, 1.82) is 0 Å². The van der Waals surface area contributed by atoms with E-state index in [0.717, 1.165) is 13.0 Å². The van der Waals surface area contributed by atoms with Crippen molar-refractivity contribution in [3.63, 3.8) is 0 Å². The van der Waals surface area contributed by atoms with Crippen LogP contribution in [-0.4, -0.2) is 16.5 Å². The Morgan fingerprint density at radius 2 is 2.12 bits per heavy atom. The third-order valence-corrected chi connectivity index (χ3v) is 2.96. The zero-order valence-electron chi connectivity index (χ0n) is 8.93. The zero-order chi connectivity index (χ0) is 10.8. The number of nitrogens with zero attached hydrogens (tertiary/aromatic N) is 2. The minimum Gasteiger partial charge on any atom is -0.306 e. The van der Waals surface area contributed by atoms with E-state index in [-0.39, 0.29) is 6.04 Å². The Labute approximate surface area is 94.6 Å². The predicted molar refractivity (Wildman–Crippen MR) is 62.0 cm³/mol. The third-order valence-electron chi connectivity index (χ3n) is 2.96. The molecule has 0 aromatic carbocycles. The number of hydrogen-bond donors (Lipinski definition) is 1. The van der Waals surface area contributed by atoms with E-state index in [4.69, 9.17) is 0 Å². The molecule has 0 aliphatic carbocycles. The van der Waals surface area contributed by atoms with Gasteiger partial charge in [-0.3, -0.25) is 9.97 Å². The van der Waals surface area contributed by atoms with Crippen molar-refractivity contribution in [3.05, 3.63) is 59.7 Å². The van der Waals surface area contributed by atoms with Gasteiger partial charge < -0.3 is 5.32 Å². The second-order valence-electron chi connectivity index (χ2n) is 3.96. The number of rotatable bonds is 1. The van der Waals surface area contributed by atoms with Crippen LogP contribution in [0.5, 0.6) is 0 Å². The molecule has 0 saturated carbocycles. The van der Waals surface area contributed by atoms with Gasteiger partial charge >= 0.3 is 0 Å². The van der Waals surface area contributed by atoms with E-state index in [2.05, 4.69) is 27.4 Å². The molecule has 1 unspecified atom stereocenters. The summed E-state index contributed by atoms with van der Waals surface area (Å²) >= 11 is 0.